The highest BCUT2D eigenvalue weighted by Gasteiger charge is 2.22. The number of aliphatic imine (C=N–C) groups is 1. The Kier molecular flexibility index (Phi) is 7.11. The molecular weight excluding hydrogens is 492 g/mol. The molecule has 1 aliphatic rings. The molecule has 1 aromatic heterocycles. The lowest BCUT2D eigenvalue weighted by Gasteiger charge is -2.11. The molecule has 2 amide bonds. The van der Waals surface area contributed by atoms with Gasteiger partial charge in [-0.05, 0) is 71.8 Å². The first-order valence-electron chi connectivity index (χ1n) is 11.3. The van der Waals surface area contributed by atoms with Gasteiger partial charge < -0.3 is 10.6 Å². The molecule has 2 N–H and O–H groups in total. The number of hydrogen-bond donors (Lipinski definition) is 2. The summed E-state index contributed by atoms with van der Waals surface area (Å²) in [5.74, 6) is -0.416. The Morgan fingerprint density at radius 2 is 1.86 bits per heavy atom. The second kappa shape index (κ2) is 10.8. The first kappa shape index (κ1) is 23.8. The molecule has 1 aliphatic heterocycles. The maximum atomic E-state index is 12.5. The summed E-state index contributed by atoms with van der Waals surface area (Å²) in [5.41, 5.74) is 4.05. The highest BCUT2D eigenvalue weighted by atomic mass is 35.5. The Morgan fingerprint density at radius 3 is 2.72 bits per heavy atom. The van der Waals surface area contributed by atoms with E-state index in [1.165, 1.54) is 11.8 Å². The van der Waals surface area contributed by atoms with E-state index in [1.807, 2.05) is 66.7 Å². The van der Waals surface area contributed by atoms with Crippen LogP contribution in [0, 0.1) is 0 Å². The van der Waals surface area contributed by atoms with Crippen LogP contribution >= 0.6 is 23.4 Å². The minimum atomic E-state index is -0.324. The third-order valence-electron chi connectivity index (χ3n) is 5.52. The van der Waals surface area contributed by atoms with Crippen molar-refractivity contribution in [3.8, 4) is 0 Å². The molecule has 3 aromatic carbocycles. The van der Waals surface area contributed by atoms with Gasteiger partial charge in [0.2, 0.25) is 5.91 Å². The van der Waals surface area contributed by atoms with E-state index in [0.717, 1.165) is 22.0 Å². The summed E-state index contributed by atoms with van der Waals surface area (Å²) in [7, 11) is 0. The fraction of sp³-hybridized carbons (Fsp3) is 0.0714. The molecular formula is C28H21ClN4O2S. The minimum Gasteiger partial charge on any atom is -0.333 e. The van der Waals surface area contributed by atoms with E-state index in [2.05, 4.69) is 20.6 Å². The fourth-order valence-electron chi connectivity index (χ4n) is 3.74. The number of hydrogen-bond acceptors (Lipinski definition) is 5. The van der Waals surface area contributed by atoms with E-state index in [4.69, 9.17) is 11.6 Å². The molecule has 2 heterocycles. The molecule has 0 spiro atoms. The largest absolute Gasteiger partial charge is 0.333 e. The molecule has 36 heavy (non-hydrogen) atoms. The highest BCUT2D eigenvalue weighted by molar-refractivity contribution is 8.18. The average molecular weight is 513 g/mol. The summed E-state index contributed by atoms with van der Waals surface area (Å²) < 4.78 is 0. The summed E-state index contributed by atoms with van der Waals surface area (Å²) in [5, 5.41) is 7.88. The topological polar surface area (TPSA) is 83.5 Å². The predicted octanol–water partition coefficient (Wildman–Crippen LogP) is 6.54. The maximum absolute atomic E-state index is 12.5. The van der Waals surface area contributed by atoms with Crippen LogP contribution in [0.25, 0.3) is 17.0 Å². The first-order valence-corrected chi connectivity index (χ1v) is 12.5. The number of aromatic nitrogens is 1. The molecule has 5 rings (SSSR count). The Labute approximate surface area is 217 Å². The molecule has 0 atom stereocenters. The van der Waals surface area contributed by atoms with Crippen LogP contribution in [0.2, 0.25) is 5.02 Å². The molecule has 0 saturated heterocycles. The van der Waals surface area contributed by atoms with Crippen LogP contribution in [0.1, 0.15) is 17.5 Å². The van der Waals surface area contributed by atoms with Crippen molar-refractivity contribution in [1.82, 2.24) is 4.98 Å². The third kappa shape index (κ3) is 5.82. The highest BCUT2D eigenvalue weighted by Crippen LogP contribution is 2.32. The molecule has 8 heteroatoms. The van der Waals surface area contributed by atoms with Crippen molar-refractivity contribution in [3.63, 3.8) is 0 Å². The van der Waals surface area contributed by atoms with Crippen LogP contribution < -0.4 is 10.6 Å². The molecule has 178 valence electrons. The van der Waals surface area contributed by atoms with E-state index in [-0.39, 0.29) is 11.8 Å². The van der Waals surface area contributed by atoms with Crippen LogP contribution in [-0.2, 0) is 16.0 Å². The van der Waals surface area contributed by atoms with E-state index >= 15 is 0 Å². The summed E-state index contributed by atoms with van der Waals surface area (Å²) in [6.45, 7) is 0. The van der Waals surface area contributed by atoms with E-state index in [9.17, 15) is 9.59 Å². The second-order valence-corrected chi connectivity index (χ2v) is 9.58. The van der Waals surface area contributed by atoms with Crippen molar-refractivity contribution in [2.75, 3.05) is 10.6 Å². The number of anilines is 2. The average Bonchev–Trinajstić information content (AvgIpc) is 3.23. The van der Waals surface area contributed by atoms with Gasteiger partial charge in [-0.3, -0.25) is 14.6 Å². The number of thioether (sulfide) groups is 1. The number of carbonyl (C=O) groups is 2. The molecule has 0 aliphatic carbocycles. The van der Waals surface area contributed by atoms with Gasteiger partial charge in [0.25, 0.3) is 5.91 Å². The van der Waals surface area contributed by atoms with Gasteiger partial charge in [-0.25, -0.2) is 0 Å². The molecule has 0 bridgehead atoms. The number of benzene rings is 3. The number of amides is 2. The van der Waals surface area contributed by atoms with E-state index < -0.39 is 0 Å². The van der Waals surface area contributed by atoms with Crippen molar-refractivity contribution in [2.45, 2.75) is 12.8 Å². The zero-order chi connectivity index (χ0) is 24.9. The molecule has 0 saturated carbocycles. The van der Waals surface area contributed by atoms with Crippen LogP contribution in [0.4, 0.5) is 11.4 Å². The molecule has 0 unspecified atom stereocenters. The number of fused-ring (bicyclic) bond motifs is 1. The van der Waals surface area contributed by atoms with Gasteiger partial charge in [0.15, 0.2) is 5.17 Å². The molecule has 4 aromatic rings. The summed E-state index contributed by atoms with van der Waals surface area (Å²) in [4.78, 5) is 33.9. The first-order chi connectivity index (χ1) is 17.5. The number of nitrogens with one attached hydrogen (secondary N) is 2. The normalized spacial score (nSPS) is 14.2. The number of pyridine rings is 1. The smallest absolute Gasteiger partial charge is 0.286 e. The summed E-state index contributed by atoms with van der Waals surface area (Å²) >= 11 is 7.60. The lowest BCUT2D eigenvalue weighted by molar-refractivity contribution is -0.116. The number of rotatable bonds is 6. The Bertz CT molecular complexity index is 1520. The number of carbonyl (C=O) groups excluding carboxylic acids is 2. The second-order valence-electron chi connectivity index (χ2n) is 8.14. The van der Waals surface area contributed by atoms with Crippen LogP contribution in [0.5, 0.6) is 0 Å². The minimum absolute atomic E-state index is 0.0920. The molecule has 0 radical (unpaired) electrons. The number of halogens is 1. The lowest BCUT2D eigenvalue weighted by atomic mass is 10.1. The molecule has 6 nitrogen and oxygen atoms in total. The van der Waals surface area contributed by atoms with E-state index in [0.29, 0.717) is 39.3 Å². The van der Waals surface area contributed by atoms with Crippen molar-refractivity contribution in [3.05, 3.63) is 106 Å². The van der Waals surface area contributed by atoms with Crippen LogP contribution in [-0.4, -0.2) is 22.0 Å². The quantitative estimate of drug-likeness (QED) is 0.286. The number of aryl methyl sites for hydroxylation is 1. The monoisotopic (exact) mass is 512 g/mol. The van der Waals surface area contributed by atoms with Gasteiger partial charge in [0, 0.05) is 23.7 Å². The summed E-state index contributed by atoms with van der Waals surface area (Å²) in [6.07, 6.45) is 4.58. The van der Waals surface area contributed by atoms with Gasteiger partial charge in [-0.15, -0.1) is 0 Å². The van der Waals surface area contributed by atoms with Gasteiger partial charge >= 0.3 is 0 Å². The lowest BCUT2D eigenvalue weighted by Crippen LogP contribution is -2.13. The SMILES string of the molecule is O=C(CCc1ccccc1)Nc1ccc(Cl)c(NC2=NC(=O)/C(=C/c3ccc4ncccc4c3)S2)c1. The van der Waals surface area contributed by atoms with Gasteiger partial charge in [-0.1, -0.05) is 54.1 Å². The van der Waals surface area contributed by atoms with Crippen molar-refractivity contribution < 1.29 is 9.59 Å². The Balaban J connectivity index is 1.24. The van der Waals surface area contributed by atoms with Crippen LogP contribution in [0.15, 0.2) is 95.0 Å². The molecule has 0 fully saturated rings. The maximum Gasteiger partial charge on any atom is 0.286 e. The third-order valence-corrected chi connectivity index (χ3v) is 6.75. The fourth-order valence-corrected chi connectivity index (χ4v) is 4.73. The standard InChI is InChI=1S/C28H21ClN4O2S/c29-22-11-10-21(31-26(34)13-9-18-5-2-1-3-6-18)17-24(22)32-28-33-27(35)25(36-28)16-19-8-12-23-20(15-19)7-4-14-30-23/h1-8,10-12,14-17H,9,13H2,(H,31,34)(H,32,33,35)/b25-16-. The number of amidine groups is 1. The number of nitrogens with zero attached hydrogens (tertiary/aromatic N) is 2. The van der Waals surface area contributed by atoms with Crippen molar-refractivity contribution >= 4 is 68.7 Å². The van der Waals surface area contributed by atoms with Gasteiger partial charge in [-0.2, -0.15) is 4.99 Å². The zero-order valence-corrected chi connectivity index (χ0v) is 20.6. The van der Waals surface area contributed by atoms with Gasteiger partial charge in [0.05, 0.1) is 21.1 Å². The Hall–Kier alpha value is -3.94. The van der Waals surface area contributed by atoms with Crippen LogP contribution in [0.3, 0.4) is 0 Å². The summed E-state index contributed by atoms with van der Waals surface area (Å²) in [6, 6.07) is 24.7. The van der Waals surface area contributed by atoms with Gasteiger partial charge in [0.1, 0.15) is 0 Å². The Morgan fingerprint density at radius 1 is 1.00 bits per heavy atom. The van der Waals surface area contributed by atoms with E-state index in [1.54, 1.807) is 24.4 Å². The van der Waals surface area contributed by atoms with Crippen molar-refractivity contribution in [1.29, 1.82) is 0 Å². The zero-order valence-electron chi connectivity index (χ0n) is 19.1. The van der Waals surface area contributed by atoms with Crippen molar-refractivity contribution in [2.24, 2.45) is 4.99 Å². The predicted molar refractivity (Wildman–Crippen MR) is 148 cm³/mol.